The predicted molar refractivity (Wildman–Crippen MR) is 157 cm³/mol. The number of carboxylic acids is 1. The third-order valence-electron chi connectivity index (χ3n) is 7.63. The first kappa shape index (κ1) is 25.7. The first-order valence-electron chi connectivity index (χ1n) is 13.7. The maximum absolute atomic E-state index is 12.0. The highest BCUT2D eigenvalue weighted by Gasteiger charge is 2.29. The van der Waals surface area contributed by atoms with Crippen LogP contribution < -0.4 is 16.0 Å². The van der Waals surface area contributed by atoms with Gasteiger partial charge in [0.2, 0.25) is 0 Å². The summed E-state index contributed by atoms with van der Waals surface area (Å²) >= 11 is 0. The topological polar surface area (TPSA) is 147 Å². The zero-order chi connectivity index (χ0) is 28.7. The van der Waals surface area contributed by atoms with Crippen LogP contribution in [0.1, 0.15) is 28.4 Å². The Morgan fingerprint density at radius 2 is 1.36 bits per heavy atom. The molecule has 4 heterocycles. The molecule has 0 radical (unpaired) electrons. The molecule has 0 unspecified atom stereocenters. The fourth-order valence-corrected chi connectivity index (χ4v) is 5.29. The zero-order valence-corrected chi connectivity index (χ0v) is 22.8. The van der Waals surface area contributed by atoms with Gasteiger partial charge in [-0.15, -0.1) is 10.2 Å². The first-order valence-corrected chi connectivity index (χ1v) is 13.7. The van der Waals surface area contributed by atoms with Gasteiger partial charge in [-0.25, -0.2) is 14.2 Å². The third-order valence-corrected chi connectivity index (χ3v) is 7.63. The van der Waals surface area contributed by atoms with Crippen molar-refractivity contribution in [2.45, 2.75) is 12.6 Å². The summed E-state index contributed by atoms with van der Waals surface area (Å²) in [4.78, 5) is 16.5. The molecule has 210 valence electrons. The quantitative estimate of drug-likeness (QED) is 0.236. The summed E-state index contributed by atoms with van der Waals surface area (Å²) in [6.45, 7) is 5.58. The molecule has 0 bridgehead atoms. The number of amidine groups is 1. The Hall–Kier alpha value is -5.20. The lowest BCUT2D eigenvalue weighted by Crippen LogP contribution is -2.42. The van der Waals surface area contributed by atoms with Gasteiger partial charge in [0.15, 0.2) is 0 Å². The SMILES string of the molecule is CC1(c2ccc(-n3cc(-c4cc(C(=O)O)cc(-c5cn(-c6ccc(C7=NCCN7)cc6)nn5)c4)nn3)cc2)NCCN1. The maximum atomic E-state index is 12.0. The van der Waals surface area contributed by atoms with Gasteiger partial charge in [0, 0.05) is 36.3 Å². The van der Waals surface area contributed by atoms with Crippen molar-refractivity contribution in [2.24, 2.45) is 4.99 Å². The van der Waals surface area contributed by atoms with Crippen LogP contribution in [0.4, 0.5) is 0 Å². The Bertz CT molecular complexity index is 1800. The largest absolute Gasteiger partial charge is 0.478 e. The zero-order valence-electron chi connectivity index (χ0n) is 22.8. The van der Waals surface area contributed by atoms with Crippen LogP contribution in [0.15, 0.2) is 84.1 Å². The van der Waals surface area contributed by atoms with Crippen molar-refractivity contribution in [3.05, 3.63) is 95.8 Å². The number of aliphatic imine (C=N–C) groups is 1. The van der Waals surface area contributed by atoms with Crippen LogP contribution in [0.3, 0.4) is 0 Å². The summed E-state index contributed by atoms with van der Waals surface area (Å²) in [5.74, 6) is -0.157. The van der Waals surface area contributed by atoms with Crippen LogP contribution in [0.2, 0.25) is 0 Å². The minimum atomic E-state index is -1.05. The number of hydrogen-bond donors (Lipinski definition) is 4. The summed E-state index contributed by atoms with van der Waals surface area (Å²) < 4.78 is 3.34. The second-order valence-electron chi connectivity index (χ2n) is 10.4. The second kappa shape index (κ2) is 10.3. The average Bonchev–Trinajstić information content (AvgIpc) is 3.85. The number of rotatable bonds is 7. The van der Waals surface area contributed by atoms with Gasteiger partial charge in [-0.2, -0.15) is 0 Å². The number of benzene rings is 3. The molecular formula is C30H28N10O2. The van der Waals surface area contributed by atoms with Gasteiger partial charge in [0.05, 0.1) is 41.5 Å². The van der Waals surface area contributed by atoms with Crippen LogP contribution in [0.5, 0.6) is 0 Å². The van der Waals surface area contributed by atoms with Crippen LogP contribution in [-0.2, 0) is 5.66 Å². The molecule has 1 fully saturated rings. The molecule has 0 spiro atoms. The van der Waals surface area contributed by atoms with Crippen molar-refractivity contribution >= 4 is 11.8 Å². The van der Waals surface area contributed by atoms with Gasteiger partial charge in [-0.3, -0.25) is 15.6 Å². The van der Waals surface area contributed by atoms with Crippen molar-refractivity contribution < 1.29 is 9.90 Å². The van der Waals surface area contributed by atoms with Crippen LogP contribution in [0, 0.1) is 0 Å². The predicted octanol–water partition coefficient (Wildman–Crippen LogP) is 2.60. The van der Waals surface area contributed by atoms with Crippen LogP contribution >= 0.6 is 0 Å². The summed E-state index contributed by atoms with van der Waals surface area (Å²) in [6, 6.07) is 21.0. The summed E-state index contributed by atoms with van der Waals surface area (Å²) in [6.07, 6.45) is 3.56. The van der Waals surface area contributed by atoms with Crippen molar-refractivity contribution in [2.75, 3.05) is 26.2 Å². The highest BCUT2D eigenvalue weighted by molar-refractivity contribution is 5.99. The summed E-state index contributed by atoms with van der Waals surface area (Å²) in [5, 5.41) is 37.3. The Morgan fingerprint density at radius 3 is 1.88 bits per heavy atom. The van der Waals surface area contributed by atoms with E-state index in [1.54, 1.807) is 33.9 Å². The van der Waals surface area contributed by atoms with E-state index in [1.807, 2.05) is 42.5 Å². The first-order chi connectivity index (χ1) is 20.4. The second-order valence-corrected chi connectivity index (χ2v) is 10.4. The van der Waals surface area contributed by atoms with E-state index in [1.165, 1.54) is 0 Å². The third kappa shape index (κ3) is 4.82. The molecule has 1 saturated heterocycles. The van der Waals surface area contributed by atoms with Crippen LogP contribution in [0.25, 0.3) is 33.9 Å². The molecule has 12 heteroatoms. The molecule has 3 aromatic carbocycles. The van der Waals surface area contributed by atoms with Gasteiger partial charge in [0.25, 0.3) is 0 Å². The Labute approximate surface area is 241 Å². The molecule has 2 aliphatic heterocycles. The molecular weight excluding hydrogens is 532 g/mol. The molecule has 0 amide bonds. The molecule has 12 nitrogen and oxygen atoms in total. The number of nitrogens with zero attached hydrogens (tertiary/aromatic N) is 7. The summed E-state index contributed by atoms with van der Waals surface area (Å²) in [7, 11) is 0. The van der Waals surface area contributed by atoms with Gasteiger partial charge in [0.1, 0.15) is 17.2 Å². The lowest BCUT2D eigenvalue weighted by atomic mass is 10.0. The lowest BCUT2D eigenvalue weighted by Gasteiger charge is -2.25. The number of hydrogen-bond acceptors (Lipinski definition) is 9. The van der Waals surface area contributed by atoms with Gasteiger partial charge in [-0.1, -0.05) is 22.6 Å². The normalized spacial score (nSPS) is 15.9. The highest BCUT2D eigenvalue weighted by Crippen LogP contribution is 2.28. The van der Waals surface area contributed by atoms with Gasteiger partial charge >= 0.3 is 5.97 Å². The molecule has 2 aromatic heterocycles. The number of nitrogens with one attached hydrogen (secondary N) is 3. The van der Waals surface area contributed by atoms with Crippen molar-refractivity contribution in [3.63, 3.8) is 0 Å². The van der Waals surface area contributed by atoms with E-state index in [9.17, 15) is 9.90 Å². The molecule has 5 aromatic rings. The van der Waals surface area contributed by atoms with E-state index in [0.29, 0.717) is 22.5 Å². The smallest absolute Gasteiger partial charge is 0.335 e. The number of aromatic nitrogens is 6. The van der Waals surface area contributed by atoms with Crippen molar-refractivity contribution in [3.8, 4) is 33.9 Å². The fraction of sp³-hybridized carbons (Fsp3) is 0.200. The average molecular weight is 561 g/mol. The molecule has 0 saturated carbocycles. The Kier molecular flexibility index (Phi) is 6.33. The van der Waals surface area contributed by atoms with E-state index in [0.717, 1.165) is 54.5 Å². The standard InChI is InChI=1S/C30H28N10O2/c1-30(33-12-13-34-30)23-4-8-25(9-5-23)40-18-27(36-38-40)21-14-20(15-22(16-21)29(41)42)26-17-39(37-35-26)24-6-2-19(3-7-24)28-31-10-11-32-28/h2-9,14-18,33-34H,10-13H2,1H3,(H,31,32)(H,41,42). The Balaban J connectivity index is 1.16. The molecule has 4 N–H and O–H groups in total. The number of carbonyl (C=O) groups is 1. The monoisotopic (exact) mass is 560 g/mol. The minimum absolute atomic E-state index is 0.120. The van der Waals surface area contributed by atoms with Crippen molar-refractivity contribution in [1.29, 1.82) is 0 Å². The van der Waals surface area contributed by atoms with E-state index in [-0.39, 0.29) is 11.2 Å². The van der Waals surface area contributed by atoms with E-state index in [4.69, 9.17) is 0 Å². The van der Waals surface area contributed by atoms with Crippen LogP contribution in [-0.4, -0.2) is 73.1 Å². The van der Waals surface area contributed by atoms with E-state index >= 15 is 0 Å². The number of carboxylic acid groups (broad SMARTS) is 1. The van der Waals surface area contributed by atoms with Crippen molar-refractivity contribution in [1.82, 2.24) is 45.9 Å². The molecule has 2 aliphatic rings. The number of aromatic carboxylic acids is 1. The highest BCUT2D eigenvalue weighted by atomic mass is 16.4. The molecule has 0 atom stereocenters. The van der Waals surface area contributed by atoms with Gasteiger partial charge < -0.3 is 10.4 Å². The lowest BCUT2D eigenvalue weighted by molar-refractivity contribution is 0.0697. The van der Waals surface area contributed by atoms with Gasteiger partial charge in [-0.05, 0) is 67.1 Å². The molecule has 0 aliphatic carbocycles. The minimum Gasteiger partial charge on any atom is -0.478 e. The van der Waals surface area contributed by atoms with E-state index in [2.05, 4.69) is 60.6 Å². The summed E-state index contributed by atoms with van der Waals surface area (Å²) in [5.41, 5.74) is 5.99. The Morgan fingerprint density at radius 1 is 0.786 bits per heavy atom. The molecule has 42 heavy (non-hydrogen) atoms. The molecule has 7 rings (SSSR count). The maximum Gasteiger partial charge on any atom is 0.335 e. The van der Waals surface area contributed by atoms with E-state index < -0.39 is 5.97 Å². The fourth-order valence-electron chi connectivity index (χ4n) is 5.29.